The summed E-state index contributed by atoms with van der Waals surface area (Å²) in [7, 11) is -3.79. The molecule has 156 valence electrons. The molecule has 30 heavy (non-hydrogen) atoms. The minimum absolute atomic E-state index is 0.00591. The number of ketones is 1. The number of aryl methyl sites for hydroxylation is 1. The first kappa shape index (κ1) is 21.7. The molecule has 0 spiro atoms. The van der Waals surface area contributed by atoms with E-state index in [-0.39, 0.29) is 21.4 Å². The van der Waals surface area contributed by atoms with E-state index >= 15 is 0 Å². The van der Waals surface area contributed by atoms with Crippen LogP contribution in [0, 0.1) is 13.8 Å². The van der Waals surface area contributed by atoms with Crippen molar-refractivity contribution in [1.29, 1.82) is 0 Å². The van der Waals surface area contributed by atoms with Crippen LogP contribution in [0.4, 0.5) is 0 Å². The van der Waals surface area contributed by atoms with Crippen LogP contribution in [0.2, 0.25) is 5.15 Å². The SMILES string of the molecule is Cc1cc(C(=O)COC(=O)c2ccc(Cl)nc2)c(C)n1-c1ccc(S(N)(=O)=O)cc1. The number of carbonyl (C=O) groups excluding carboxylic acids is 2. The fourth-order valence-corrected chi connectivity index (χ4v) is 3.64. The smallest absolute Gasteiger partial charge is 0.340 e. The lowest BCUT2D eigenvalue weighted by Gasteiger charge is -2.10. The Morgan fingerprint density at radius 2 is 1.80 bits per heavy atom. The lowest BCUT2D eigenvalue weighted by atomic mass is 10.1. The number of halogens is 1. The molecule has 0 fully saturated rings. The number of esters is 1. The Morgan fingerprint density at radius 1 is 1.13 bits per heavy atom. The maximum atomic E-state index is 12.6. The van der Waals surface area contributed by atoms with Crippen molar-refractivity contribution in [2.24, 2.45) is 5.14 Å². The molecule has 2 aromatic heterocycles. The Morgan fingerprint density at radius 3 is 2.37 bits per heavy atom. The summed E-state index contributed by atoms with van der Waals surface area (Å²) in [6, 6.07) is 10.6. The third-order valence-electron chi connectivity index (χ3n) is 4.45. The van der Waals surface area contributed by atoms with Crippen LogP contribution in [0.15, 0.2) is 53.6 Å². The molecule has 0 aliphatic carbocycles. The number of aromatic nitrogens is 2. The largest absolute Gasteiger partial charge is 0.454 e. The Hall–Kier alpha value is -3.01. The van der Waals surface area contributed by atoms with Crippen molar-refractivity contribution >= 4 is 33.4 Å². The lowest BCUT2D eigenvalue weighted by Crippen LogP contribution is -2.15. The van der Waals surface area contributed by atoms with Gasteiger partial charge in [0.2, 0.25) is 15.8 Å². The average molecular weight is 448 g/mol. The van der Waals surface area contributed by atoms with Crippen molar-refractivity contribution in [2.45, 2.75) is 18.7 Å². The number of pyridine rings is 1. The molecule has 10 heteroatoms. The van der Waals surface area contributed by atoms with E-state index < -0.39 is 22.6 Å². The van der Waals surface area contributed by atoms with Crippen LogP contribution in [0.1, 0.15) is 32.1 Å². The molecule has 0 aliphatic rings. The van der Waals surface area contributed by atoms with Crippen molar-refractivity contribution in [1.82, 2.24) is 9.55 Å². The van der Waals surface area contributed by atoms with Gasteiger partial charge in [0.05, 0.1) is 10.5 Å². The highest BCUT2D eigenvalue weighted by atomic mass is 35.5. The Balaban J connectivity index is 1.78. The molecule has 2 N–H and O–H groups in total. The number of carbonyl (C=O) groups is 2. The van der Waals surface area contributed by atoms with Gasteiger partial charge in [0, 0.05) is 28.8 Å². The first-order chi connectivity index (χ1) is 14.1. The summed E-state index contributed by atoms with van der Waals surface area (Å²) in [6.07, 6.45) is 1.27. The molecule has 0 saturated carbocycles. The summed E-state index contributed by atoms with van der Waals surface area (Å²) >= 11 is 5.68. The minimum Gasteiger partial charge on any atom is -0.454 e. The second kappa shape index (κ2) is 8.39. The van der Waals surface area contributed by atoms with Crippen LogP contribution < -0.4 is 5.14 Å². The van der Waals surface area contributed by atoms with Gasteiger partial charge in [-0.05, 0) is 56.3 Å². The van der Waals surface area contributed by atoms with Crippen LogP contribution in [0.3, 0.4) is 0 Å². The maximum Gasteiger partial charge on any atom is 0.340 e. The van der Waals surface area contributed by atoms with Crippen molar-refractivity contribution in [3.63, 3.8) is 0 Å². The third kappa shape index (κ3) is 4.59. The molecule has 0 radical (unpaired) electrons. The van der Waals surface area contributed by atoms with E-state index in [4.69, 9.17) is 21.5 Å². The zero-order valence-electron chi connectivity index (χ0n) is 16.1. The van der Waals surface area contributed by atoms with Crippen LogP contribution in [-0.2, 0) is 14.8 Å². The predicted molar refractivity (Wildman–Crippen MR) is 110 cm³/mol. The number of benzene rings is 1. The summed E-state index contributed by atoms with van der Waals surface area (Å²) in [6.45, 7) is 3.12. The van der Waals surface area contributed by atoms with Crippen molar-refractivity contribution in [2.75, 3.05) is 6.61 Å². The number of sulfonamides is 1. The van der Waals surface area contributed by atoms with Gasteiger partial charge < -0.3 is 9.30 Å². The molecule has 8 nitrogen and oxygen atoms in total. The van der Waals surface area contributed by atoms with Gasteiger partial charge in [0.15, 0.2) is 6.61 Å². The van der Waals surface area contributed by atoms with Crippen LogP contribution in [-0.4, -0.2) is 36.3 Å². The van der Waals surface area contributed by atoms with Gasteiger partial charge in [-0.25, -0.2) is 23.3 Å². The molecule has 3 aromatic rings. The van der Waals surface area contributed by atoms with Gasteiger partial charge >= 0.3 is 5.97 Å². The summed E-state index contributed by atoms with van der Waals surface area (Å²) < 4.78 is 29.7. The third-order valence-corrected chi connectivity index (χ3v) is 5.61. The summed E-state index contributed by atoms with van der Waals surface area (Å²) in [5.41, 5.74) is 2.64. The van der Waals surface area contributed by atoms with Crippen molar-refractivity contribution < 1.29 is 22.7 Å². The summed E-state index contributed by atoms with van der Waals surface area (Å²) in [5.74, 6) is -1.05. The molecule has 0 saturated heterocycles. The minimum atomic E-state index is -3.79. The number of primary sulfonamides is 1. The number of Topliss-reactive ketones (excluding diaryl/α,β-unsaturated/α-hetero) is 1. The summed E-state index contributed by atoms with van der Waals surface area (Å²) in [5, 5.41) is 5.37. The molecule has 0 amide bonds. The average Bonchev–Trinajstić information content (AvgIpc) is 3.00. The van der Waals surface area contributed by atoms with E-state index in [0.29, 0.717) is 16.9 Å². The van der Waals surface area contributed by atoms with Gasteiger partial charge in [-0.3, -0.25) is 4.79 Å². The molecule has 0 bridgehead atoms. The molecule has 0 unspecified atom stereocenters. The standard InChI is InChI=1S/C20H18ClN3O5S/c1-12-9-17(18(25)11-29-20(26)14-3-8-19(21)23-10-14)13(2)24(12)15-4-6-16(7-5-15)30(22,27)28/h3-10H,11H2,1-2H3,(H2,22,27,28). The highest BCUT2D eigenvalue weighted by Gasteiger charge is 2.19. The zero-order chi connectivity index (χ0) is 22.1. The number of hydrogen-bond acceptors (Lipinski definition) is 6. The Kier molecular flexibility index (Phi) is 6.06. The van der Waals surface area contributed by atoms with E-state index in [2.05, 4.69) is 4.98 Å². The first-order valence-corrected chi connectivity index (χ1v) is 10.6. The normalized spacial score (nSPS) is 11.3. The van der Waals surface area contributed by atoms with Crippen molar-refractivity contribution in [3.05, 3.63) is 76.3 Å². The molecule has 0 aliphatic heterocycles. The number of rotatable bonds is 6. The molecular weight excluding hydrogens is 430 g/mol. The number of nitrogens with two attached hydrogens (primary N) is 1. The fraction of sp³-hybridized carbons (Fsp3) is 0.150. The van der Waals surface area contributed by atoms with E-state index in [0.717, 1.165) is 5.69 Å². The molecule has 3 rings (SSSR count). The van der Waals surface area contributed by atoms with Gasteiger partial charge in [0.1, 0.15) is 5.15 Å². The number of hydrogen-bond donors (Lipinski definition) is 1. The van der Waals surface area contributed by atoms with E-state index in [1.807, 2.05) is 6.92 Å². The second-order valence-corrected chi connectivity index (χ2v) is 8.48. The van der Waals surface area contributed by atoms with Gasteiger partial charge in [0.25, 0.3) is 0 Å². The topological polar surface area (TPSA) is 121 Å². The first-order valence-electron chi connectivity index (χ1n) is 8.72. The number of nitrogens with zero attached hydrogens (tertiary/aromatic N) is 2. The molecule has 2 heterocycles. The maximum absolute atomic E-state index is 12.6. The highest BCUT2D eigenvalue weighted by Crippen LogP contribution is 2.22. The molecular formula is C20H18ClN3O5S. The van der Waals surface area contributed by atoms with Crippen LogP contribution in [0.5, 0.6) is 0 Å². The fourth-order valence-electron chi connectivity index (χ4n) is 3.02. The Bertz CT molecular complexity index is 1220. The highest BCUT2D eigenvalue weighted by molar-refractivity contribution is 7.89. The van der Waals surface area contributed by atoms with Gasteiger partial charge in [-0.2, -0.15) is 0 Å². The van der Waals surface area contributed by atoms with Crippen molar-refractivity contribution in [3.8, 4) is 5.69 Å². The van der Waals surface area contributed by atoms with E-state index in [9.17, 15) is 18.0 Å². The number of ether oxygens (including phenoxy) is 1. The summed E-state index contributed by atoms with van der Waals surface area (Å²) in [4.78, 5) is 28.5. The monoisotopic (exact) mass is 447 g/mol. The quantitative estimate of drug-likeness (QED) is 0.352. The Labute approximate surface area is 178 Å². The second-order valence-electron chi connectivity index (χ2n) is 6.53. The van der Waals surface area contributed by atoms with Gasteiger partial charge in [-0.15, -0.1) is 0 Å². The van der Waals surface area contributed by atoms with Crippen LogP contribution in [0.25, 0.3) is 5.69 Å². The van der Waals surface area contributed by atoms with Gasteiger partial charge in [-0.1, -0.05) is 11.6 Å². The van der Waals surface area contributed by atoms with Crippen LogP contribution >= 0.6 is 11.6 Å². The van der Waals surface area contributed by atoms with E-state index in [1.54, 1.807) is 29.7 Å². The molecule has 0 atom stereocenters. The van der Waals surface area contributed by atoms with E-state index in [1.165, 1.54) is 30.5 Å². The molecule has 1 aromatic carbocycles. The zero-order valence-corrected chi connectivity index (χ0v) is 17.7. The lowest BCUT2D eigenvalue weighted by molar-refractivity contribution is 0.0474. The predicted octanol–water partition coefficient (Wildman–Crippen LogP) is 2.83.